The van der Waals surface area contributed by atoms with Crippen LogP contribution < -0.4 is 21.2 Å². The second-order valence-corrected chi connectivity index (χ2v) is 19.4. The van der Waals surface area contributed by atoms with Gasteiger partial charge in [-0.2, -0.15) is 0 Å². The molecular weight excluding hydrogens is 839 g/mol. The summed E-state index contributed by atoms with van der Waals surface area (Å²) in [6.45, 7) is 23.5. The number of ketones is 1. The number of H-pyrrole nitrogens is 2. The molecule has 12 heteroatoms. The first-order valence-electron chi connectivity index (χ1n) is 24.4. The number of likely N-dealkylation sites (tertiary alicyclic amines) is 2. The third-order valence-corrected chi connectivity index (χ3v) is 15.3. The summed E-state index contributed by atoms with van der Waals surface area (Å²) in [6, 6.07) is 21.3. The first-order valence-corrected chi connectivity index (χ1v) is 24.4. The van der Waals surface area contributed by atoms with Crippen LogP contribution in [-0.4, -0.2) is 87.0 Å². The van der Waals surface area contributed by atoms with Gasteiger partial charge in [-0.25, -0.2) is 0 Å². The maximum absolute atomic E-state index is 13.6. The summed E-state index contributed by atoms with van der Waals surface area (Å²) in [5.74, 6) is 1.64. The lowest BCUT2D eigenvalue weighted by Gasteiger charge is -2.38. The number of carbonyl (C=O) groups excluding carboxylic acids is 2. The molecule has 358 valence electrons. The number of amides is 1. The zero-order valence-electron chi connectivity index (χ0n) is 41.8. The molecule has 3 N–H and O–H groups in total. The molecule has 0 radical (unpaired) electrons. The Kier molecular flexibility index (Phi) is 15.5. The summed E-state index contributed by atoms with van der Waals surface area (Å²) in [5.41, 5.74) is 9.00. The average Bonchev–Trinajstić information content (AvgIpc) is 3.77. The van der Waals surface area contributed by atoms with Crippen molar-refractivity contribution in [3.05, 3.63) is 132 Å². The zero-order chi connectivity index (χ0) is 48.3. The van der Waals surface area contributed by atoms with E-state index < -0.39 is 0 Å². The standard InChI is InChI=1S/C28H37N3O3.C27H36N4O2/c1-17-15-26(34-6)23(28(33)29-17)11-12-25(32)27-20(4)31(24-10-8-7-9-22(24)27)19(3)21-13-14-30(5)18(2)16-21;1-6-30-13-11-21(12-14-30)19(4)31-20(5)25(22-9-7-8-10-24(22)31)27(33)28-16-23-17(2)15-18(3)29-26(23)32/h7-10,15,18-19,21H,11-14,16H2,1-6H3,(H,29,33);7-10,15,19,21H,6,11-14,16H2,1-5H3,(H,28,33)(H,29,32)/t18-,19-,21-;/m1./s1. The predicted molar refractivity (Wildman–Crippen MR) is 271 cm³/mol. The van der Waals surface area contributed by atoms with Gasteiger partial charge in [-0.05, 0) is 162 Å². The van der Waals surface area contributed by atoms with E-state index in [-0.39, 0.29) is 35.8 Å². The lowest BCUT2D eigenvalue weighted by Crippen LogP contribution is -2.40. The van der Waals surface area contributed by atoms with Crippen molar-refractivity contribution in [3.8, 4) is 5.75 Å². The smallest absolute Gasteiger partial charge is 0.255 e. The highest BCUT2D eigenvalue weighted by molar-refractivity contribution is 6.10. The number of rotatable bonds is 13. The van der Waals surface area contributed by atoms with Crippen LogP contribution in [0.15, 0.2) is 70.3 Å². The summed E-state index contributed by atoms with van der Waals surface area (Å²) in [7, 11) is 3.76. The minimum Gasteiger partial charge on any atom is -0.496 e. The SMILES string of the molecule is CCN1CCC(C(C)n2c(C)c(C(=O)NCc3c(C)cc(C)[nH]c3=O)c3ccccc32)CC1.COc1cc(C)[nH]c(=O)c1CCC(=O)c1c(C)n([C@H](C)[C@@H]2CCN(C)[C@H](C)C2)c2ccccc12. The number of Topliss-reactive ketones (excluding diaryl/α,β-unsaturated/α-hetero) is 1. The molecule has 4 aromatic heterocycles. The Morgan fingerprint density at radius 3 is 1.88 bits per heavy atom. The Hall–Kier alpha value is -5.72. The number of aromatic nitrogens is 4. The number of carbonyl (C=O) groups is 2. The van der Waals surface area contributed by atoms with Gasteiger partial charge < -0.3 is 39.0 Å². The Morgan fingerprint density at radius 1 is 0.761 bits per heavy atom. The normalized spacial score (nSPS) is 18.1. The molecule has 0 spiro atoms. The highest BCUT2D eigenvalue weighted by Crippen LogP contribution is 2.38. The number of aryl methyl sites for hydroxylation is 3. The van der Waals surface area contributed by atoms with Crippen LogP contribution >= 0.6 is 0 Å². The van der Waals surface area contributed by atoms with Gasteiger partial charge in [0.05, 0.1) is 18.2 Å². The molecule has 0 bridgehead atoms. The Labute approximate surface area is 396 Å². The fraction of sp³-hybridized carbons (Fsp3) is 0.491. The number of para-hydroxylation sites is 2. The van der Waals surface area contributed by atoms with Crippen molar-refractivity contribution in [2.45, 2.75) is 126 Å². The number of aromatic amines is 2. The van der Waals surface area contributed by atoms with Gasteiger partial charge >= 0.3 is 0 Å². The number of nitrogens with one attached hydrogen (secondary N) is 3. The number of hydrogen-bond acceptors (Lipinski definition) is 7. The van der Waals surface area contributed by atoms with E-state index in [1.807, 2.05) is 63.2 Å². The van der Waals surface area contributed by atoms with Gasteiger partial charge in [-0.15, -0.1) is 0 Å². The Balaban J connectivity index is 0.000000199. The number of ether oxygens (including phenoxy) is 1. The number of pyridine rings is 2. The third kappa shape index (κ3) is 10.3. The van der Waals surface area contributed by atoms with Crippen molar-refractivity contribution >= 4 is 33.5 Å². The van der Waals surface area contributed by atoms with Gasteiger partial charge in [0, 0.05) is 86.8 Å². The van der Waals surface area contributed by atoms with Gasteiger partial charge in [0.1, 0.15) is 5.75 Å². The van der Waals surface area contributed by atoms with Crippen molar-refractivity contribution in [2.75, 3.05) is 40.3 Å². The highest BCUT2D eigenvalue weighted by Gasteiger charge is 2.32. The lowest BCUT2D eigenvalue weighted by molar-refractivity contribution is 0.0949. The molecule has 2 saturated heterocycles. The Morgan fingerprint density at radius 2 is 1.30 bits per heavy atom. The largest absolute Gasteiger partial charge is 0.496 e. The Bertz CT molecular complexity index is 2860. The van der Waals surface area contributed by atoms with E-state index in [9.17, 15) is 19.2 Å². The fourth-order valence-electron chi connectivity index (χ4n) is 11.2. The molecule has 12 nitrogen and oxygen atoms in total. The summed E-state index contributed by atoms with van der Waals surface area (Å²) in [5, 5.41) is 4.99. The number of benzene rings is 2. The van der Waals surface area contributed by atoms with Gasteiger partial charge in [0.15, 0.2) is 5.78 Å². The molecule has 6 aromatic rings. The van der Waals surface area contributed by atoms with Crippen LogP contribution in [0.2, 0.25) is 0 Å². The van der Waals surface area contributed by atoms with E-state index in [0.29, 0.717) is 58.8 Å². The van der Waals surface area contributed by atoms with Crippen molar-refractivity contribution in [1.82, 2.24) is 34.2 Å². The van der Waals surface area contributed by atoms with Crippen LogP contribution in [0, 0.1) is 46.5 Å². The van der Waals surface area contributed by atoms with E-state index in [2.05, 4.69) is 101 Å². The molecule has 2 fully saturated rings. The van der Waals surface area contributed by atoms with Crippen LogP contribution in [0.4, 0.5) is 0 Å². The van der Waals surface area contributed by atoms with Crippen LogP contribution in [0.25, 0.3) is 21.8 Å². The third-order valence-electron chi connectivity index (χ3n) is 15.3. The van der Waals surface area contributed by atoms with E-state index in [0.717, 1.165) is 94.7 Å². The summed E-state index contributed by atoms with van der Waals surface area (Å²) < 4.78 is 10.2. The molecule has 1 amide bonds. The van der Waals surface area contributed by atoms with Crippen LogP contribution in [-0.2, 0) is 13.0 Å². The molecule has 4 atom stereocenters. The van der Waals surface area contributed by atoms with Gasteiger partial charge in [0.2, 0.25) is 0 Å². The molecule has 2 aliphatic rings. The van der Waals surface area contributed by atoms with E-state index in [1.165, 1.54) is 12.8 Å². The number of piperidine rings is 2. The molecule has 0 aliphatic carbocycles. The zero-order valence-corrected chi connectivity index (χ0v) is 41.8. The van der Waals surface area contributed by atoms with E-state index >= 15 is 0 Å². The molecule has 2 aliphatic heterocycles. The summed E-state index contributed by atoms with van der Waals surface area (Å²) in [6.07, 6.45) is 5.28. The van der Waals surface area contributed by atoms with Crippen molar-refractivity contribution < 1.29 is 14.3 Å². The van der Waals surface area contributed by atoms with Gasteiger partial charge in [-0.3, -0.25) is 19.2 Å². The number of methoxy groups -OCH3 is 1. The first kappa shape index (κ1) is 49.2. The van der Waals surface area contributed by atoms with Gasteiger partial charge in [0.25, 0.3) is 17.0 Å². The second kappa shape index (κ2) is 21.1. The van der Waals surface area contributed by atoms with Crippen LogP contribution in [0.1, 0.15) is 132 Å². The molecule has 0 saturated carbocycles. The number of nitrogens with zero attached hydrogens (tertiary/aromatic N) is 4. The monoisotopic (exact) mass is 912 g/mol. The molecule has 8 rings (SSSR count). The van der Waals surface area contributed by atoms with Crippen molar-refractivity contribution in [1.29, 1.82) is 0 Å². The number of fused-ring (bicyclic) bond motifs is 2. The minimum atomic E-state index is -0.186. The molecule has 67 heavy (non-hydrogen) atoms. The maximum Gasteiger partial charge on any atom is 0.255 e. The topological polar surface area (TPSA) is 137 Å². The predicted octanol–water partition coefficient (Wildman–Crippen LogP) is 9.54. The minimum absolute atomic E-state index is 0.0680. The van der Waals surface area contributed by atoms with Crippen molar-refractivity contribution in [3.63, 3.8) is 0 Å². The summed E-state index contributed by atoms with van der Waals surface area (Å²) in [4.78, 5) is 62.5. The van der Waals surface area contributed by atoms with Crippen LogP contribution in [0.3, 0.4) is 0 Å². The quantitative estimate of drug-likeness (QED) is 0.0983. The van der Waals surface area contributed by atoms with Gasteiger partial charge in [-0.1, -0.05) is 43.3 Å². The average molecular weight is 912 g/mol. The second-order valence-electron chi connectivity index (χ2n) is 19.4. The number of hydrogen-bond donors (Lipinski definition) is 3. The molecule has 1 unspecified atom stereocenters. The molecule has 2 aromatic carbocycles. The van der Waals surface area contributed by atoms with Crippen LogP contribution in [0.5, 0.6) is 5.75 Å². The lowest BCUT2D eigenvalue weighted by atomic mass is 9.86. The van der Waals surface area contributed by atoms with Crippen molar-refractivity contribution in [2.24, 2.45) is 11.8 Å². The van der Waals surface area contributed by atoms with E-state index in [4.69, 9.17) is 4.74 Å². The van der Waals surface area contributed by atoms with E-state index in [1.54, 1.807) is 7.11 Å². The molecule has 6 heterocycles. The summed E-state index contributed by atoms with van der Waals surface area (Å²) >= 11 is 0. The molecular formula is C55H73N7O5. The maximum atomic E-state index is 13.6. The first-order chi connectivity index (χ1) is 32.0. The highest BCUT2D eigenvalue weighted by atomic mass is 16.5. The fourth-order valence-corrected chi connectivity index (χ4v) is 11.2.